The quantitative estimate of drug-likeness (QED) is 0.864. The molecule has 3 N–H and O–H groups in total. The first kappa shape index (κ1) is 14.5. The summed E-state index contributed by atoms with van der Waals surface area (Å²) < 4.78 is 10.6. The molecular formula is C15H19N3O4. The first-order chi connectivity index (χ1) is 10.6. The van der Waals surface area contributed by atoms with Gasteiger partial charge in [0.25, 0.3) is 0 Å². The average Bonchev–Trinajstić information content (AvgIpc) is 3.00. The minimum atomic E-state index is -0.465. The lowest BCUT2D eigenvalue weighted by atomic mass is 9.97. The van der Waals surface area contributed by atoms with Gasteiger partial charge < -0.3 is 25.4 Å². The van der Waals surface area contributed by atoms with Gasteiger partial charge in [-0.1, -0.05) is 6.07 Å². The topological polar surface area (TPSA) is 93.9 Å². The highest BCUT2D eigenvalue weighted by molar-refractivity contribution is 5.80. The number of nitrogens with zero attached hydrogens (tertiary/aromatic N) is 1. The van der Waals surface area contributed by atoms with Crippen LogP contribution in [-0.2, 0) is 11.3 Å². The van der Waals surface area contributed by atoms with Gasteiger partial charge in [-0.25, -0.2) is 4.79 Å². The van der Waals surface area contributed by atoms with Crippen LogP contribution in [0, 0.1) is 5.92 Å². The van der Waals surface area contributed by atoms with Gasteiger partial charge in [-0.05, 0) is 30.5 Å². The number of hydrogen-bond acceptors (Lipinski definition) is 4. The van der Waals surface area contributed by atoms with E-state index in [1.54, 1.807) is 0 Å². The van der Waals surface area contributed by atoms with E-state index in [2.05, 4.69) is 5.32 Å². The van der Waals surface area contributed by atoms with Crippen molar-refractivity contribution in [2.24, 2.45) is 11.7 Å². The number of rotatable bonds is 3. The largest absolute Gasteiger partial charge is 0.454 e. The van der Waals surface area contributed by atoms with Crippen LogP contribution in [-0.4, -0.2) is 36.7 Å². The van der Waals surface area contributed by atoms with E-state index in [0.29, 0.717) is 25.4 Å². The van der Waals surface area contributed by atoms with Crippen LogP contribution in [0.25, 0.3) is 0 Å². The van der Waals surface area contributed by atoms with Crippen LogP contribution < -0.4 is 20.5 Å². The van der Waals surface area contributed by atoms with Crippen molar-refractivity contribution in [3.63, 3.8) is 0 Å². The SMILES string of the molecule is NC(=O)N1CCC[C@@H](C(=O)NCc2ccc3c(c2)OCO3)C1. The maximum atomic E-state index is 12.2. The summed E-state index contributed by atoms with van der Waals surface area (Å²) in [5.41, 5.74) is 6.22. The zero-order chi connectivity index (χ0) is 15.5. The first-order valence-corrected chi connectivity index (χ1v) is 7.34. The molecule has 118 valence electrons. The Morgan fingerprint density at radius 1 is 1.32 bits per heavy atom. The second-order valence-electron chi connectivity index (χ2n) is 5.53. The van der Waals surface area contributed by atoms with Gasteiger partial charge in [-0.2, -0.15) is 0 Å². The van der Waals surface area contributed by atoms with E-state index in [1.807, 2.05) is 18.2 Å². The number of ether oxygens (including phenoxy) is 2. The Hall–Kier alpha value is -2.44. The van der Waals surface area contributed by atoms with E-state index in [4.69, 9.17) is 15.2 Å². The van der Waals surface area contributed by atoms with Crippen LogP contribution in [0.1, 0.15) is 18.4 Å². The zero-order valence-electron chi connectivity index (χ0n) is 12.2. The summed E-state index contributed by atoms with van der Waals surface area (Å²) in [6.07, 6.45) is 1.57. The Kier molecular flexibility index (Phi) is 4.04. The van der Waals surface area contributed by atoms with Crippen molar-refractivity contribution in [2.45, 2.75) is 19.4 Å². The van der Waals surface area contributed by atoms with Gasteiger partial charge in [0.05, 0.1) is 5.92 Å². The Morgan fingerprint density at radius 2 is 2.14 bits per heavy atom. The van der Waals surface area contributed by atoms with Gasteiger partial charge in [-0.15, -0.1) is 0 Å². The number of nitrogens with two attached hydrogens (primary N) is 1. The highest BCUT2D eigenvalue weighted by Crippen LogP contribution is 2.32. The molecule has 0 aromatic heterocycles. The number of likely N-dealkylation sites (tertiary alicyclic amines) is 1. The van der Waals surface area contributed by atoms with Gasteiger partial charge in [0.15, 0.2) is 11.5 Å². The summed E-state index contributed by atoms with van der Waals surface area (Å²) >= 11 is 0. The van der Waals surface area contributed by atoms with E-state index in [-0.39, 0.29) is 18.6 Å². The van der Waals surface area contributed by atoms with E-state index < -0.39 is 6.03 Å². The van der Waals surface area contributed by atoms with Crippen molar-refractivity contribution < 1.29 is 19.1 Å². The monoisotopic (exact) mass is 305 g/mol. The highest BCUT2D eigenvalue weighted by Gasteiger charge is 2.27. The predicted molar refractivity (Wildman–Crippen MR) is 78.3 cm³/mol. The molecule has 0 unspecified atom stereocenters. The molecule has 0 spiro atoms. The minimum Gasteiger partial charge on any atom is -0.454 e. The molecule has 3 rings (SSSR count). The molecule has 2 heterocycles. The summed E-state index contributed by atoms with van der Waals surface area (Å²) in [4.78, 5) is 25.0. The molecule has 0 saturated carbocycles. The van der Waals surface area contributed by atoms with Crippen molar-refractivity contribution in [3.05, 3.63) is 23.8 Å². The maximum Gasteiger partial charge on any atom is 0.314 e. The number of hydrogen-bond donors (Lipinski definition) is 2. The maximum absolute atomic E-state index is 12.2. The van der Waals surface area contributed by atoms with Gasteiger partial charge in [0.2, 0.25) is 12.7 Å². The number of amides is 3. The molecule has 1 saturated heterocycles. The van der Waals surface area contributed by atoms with Crippen LogP contribution in [0.2, 0.25) is 0 Å². The van der Waals surface area contributed by atoms with Crippen molar-refractivity contribution in [2.75, 3.05) is 19.9 Å². The third kappa shape index (κ3) is 3.08. The molecule has 1 atom stereocenters. The van der Waals surface area contributed by atoms with Crippen molar-refractivity contribution in [1.82, 2.24) is 10.2 Å². The zero-order valence-corrected chi connectivity index (χ0v) is 12.2. The third-order valence-corrected chi connectivity index (χ3v) is 4.01. The second kappa shape index (κ2) is 6.13. The molecular weight excluding hydrogens is 286 g/mol. The van der Waals surface area contributed by atoms with Crippen LogP contribution in [0.5, 0.6) is 11.5 Å². The third-order valence-electron chi connectivity index (χ3n) is 4.01. The molecule has 1 fully saturated rings. The lowest BCUT2D eigenvalue weighted by molar-refractivity contribution is -0.126. The normalized spacial score (nSPS) is 19.8. The van der Waals surface area contributed by atoms with Gasteiger partial charge in [0, 0.05) is 19.6 Å². The molecule has 3 amide bonds. The van der Waals surface area contributed by atoms with E-state index in [9.17, 15) is 9.59 Å². The number of carbonyl (C=O) groups excluding carboxylic acids is 2. The van der Waals surface area contributed by atoms with Gasteiger partial charge in [0.1, 0.15) is 0 Å². The van der Waals surface area contributed by atoms with E-state index >= 15 is 0 Å². The molecule has 0 aliphatic carbocycles. The number of piperidine rings is 1. The van der Waals surface area contributed by atoms with Gasteiger partial charge >= 0.3 is 6.03 Å². The molecule has 7 heteroatoms. The average molecular weight is 305 g/mol. The van der Waals surface area contributed by atoms with Crippen molar-refractivity contribution in [1.29, 1.82) is 0 Å². The lowest BCUT2D eigenvalue weighted by Crippen LogP contribution is -2.47. The molecule has 7 nitrogen and oxygen atoms in total. The fourth-order valence-corrected chi connectivity index (χ4v) is 2.78. The Morgan fingerprint density at radius 3 is 2.95 bits per heavy atom. The summed E-state index contributed by atoms with van der Waals surface area (Å²) in [5, 5.41) is 2.91. The number of primary amides is 1. The van der Waals surface area contributed by atoms with Crippen LogP contribution in [0.3, 0.4) is 0 Å². The number of nitrogens with one attached hydrogen (secondary N) is 1. The van der Waals surface area contributed by atoms with Crippen molar-refractivity contribution >= 4 is 11.9 Å². The summed E-state index contributed by atoms with van der Waals surface area (Å²) in [6.45, 7) is 1.67. The lowest BCUT2D eigenvalue weighted by Gasteiger charge is -2.30. The standard InChI is InChI=1S/C15H19N3O4/c16-15(20)18-5-1-2-11(8-18)14(19)17-7-10-3-4-12-13(6-10)22-9-21-12/h3-4,6,11H,1-2,5,7-9H2,(H2,16,20)(H,17,19)/t11-/m1/s1. The summed E-state index contributed by atoms with van der Waals surface area (Å²) in [7, 11) is 0. The van der Waals surface area contributed by atoms with Crippen molar-refractivity contribution in [3.8, 4) is 11.5 Å². The number of benzene rings is 1. The predicted octanol–water partition coefficient (Wildman–Crippen LogP) is 0.822. The number of fused-ring (bicyclic) bond motifs is 1. The first-order valence-electron chi connectivity index (χ1n) is 7.34. The fraction of sp³-hybridized carbons (Fsp3) is 0.467. The van der Waals surface area contributed by atoms with E-state index in [0.717, 1.165) is 24.2 Å². The molecule has 0 bridgehead atoms. The molecule has 2 aliphatic rings. The highest BCUT2D eigenvalue weighted by atomic mass is 16.7. The molecule has 2 aliphatic heterocycles. The molecule has 22 heavy (non-hydrogen) atoms. The summed E-state index contributed by atoms with van der Waals surface area (Å²) in [5.74, 6) is 1.17. The Bertz CT molecular complexity index is 590. The summed E-state index contributed by atoms with van der Waals surface area (Å²) in [6, 6.07) is 5.12. The Labute approximate surface area is 128 Å². The van der Waals surface area contributed by atoms with Crippen LogP contribution in [0.15, 0.2) is 18.2 Å². The molecule has 1 aromatic rings. The fourth-order valence-electron chi connectivity index (χ4n) is 2.78. The molecule has 1 aromatic carbocycles. The Balaban J connectivity index is 1.54. The van der Waals surface area contributed by atoms with Crippen LogP contribution >= 0.6 is 0 Å². The van der Waals surface area contributed by atoms with Crippen LogP contribution in [0.4, 0.5) is 4.79 Å². The molecule has 0 radical (unpaired) electrons. The number of urea groups is 1. The minimum absolute atomic E-state index is 0.0522. The van der Waals surface area contributed by atoms with Gasteiger partial charge in [-0.3, -0.25) is 4.79 Å². The smallest absolute Gasteiger partial charge is 0.314 e. The van der Waals surface area contributed by atoms with E-state index in [1.165, 1.54) is 4.90 Å². The second-order valence-corrected chi connectivity index (χ2v) is 5.53. The number of carbonyl (C=O) groups is 2.